The van der Waals surface area contributed by atoms with Gasteiger partial charge in [-0.2, -0.15) is 8.78 Å². The first-order valence-corrected chi connectivity index (χ1v) is 7.53. The van der Waals surface area contributed by atoms with Crippen molar-refractivity contribution in [2.24, 2.45) is 0 Å². The zero-order chi connectivity index (χ0) is 15.3. The number of alkyl halides is 2. The van der Waals surface area contributed by atoms with E-state index >= 15 is 0 Å². The molecule has 1 aromatic rings. The predicted molar refractivity (Wildman–Crippen MR) is 69.6 cm³/mol. The predicted octanol–water partition coefficient (Wildman–Crippen LogP) is 1.99. The van der Waals surface area contributed by atoms with Gasteiger partial charge < -0.3 is 9.84 Å². The molecule has 1 aromatic carbocycles. The summed E-state index contributed by atoms with van der Waals surface area (Å²) in [5, 5.41) is 8.73. The van der Waals surface area contributed by atoms with E-state index in [-0.39, 0.29) is 22.3 Å². The Morgan fingerprint density at radius 3 is 2.55 bits per heavy atom. The summed E-state index contributed by atoms with van der Waals surface area (Å²) in [7, 11) is -3.89. The fourth-order valence-electron chi connectivity index (χ4n) is 1.38. The van der Waals surface area contributed by atoms with Gasteiger partial charge in [0.2, 0.25) is 10.0 Å². The molecular weight excluding hydrogens is 316 g/mol. The molecule has 0 amide bonds. The van der Waals surface area contributed by atoms with Crippen LogP contribution in [0.1, 0.15) is 13.3 Å². The summed E-state index contributed by atoms with van der Waals surface area (Å²) >= 11 is 5.68. The van der Waals surface area contributed by atoms with E-state index in [9.17, 15) is 17.2 Å². The molecule has 0 bridgehead atoms. The first kappa shape index (κ1) is 17.1. The van der Waals surface area contributed by atoms with Crippen LogP contribution >= 0.6 is 11.6 Å². The number of hydrogen-bond acceptors (Lipinski definition) is 4. The molecule has 0 spiro atoms. The molecule has 0 saturated carbocycles. The summed E-state index contributed by atoms with van der Waals surface area (Å²) in [5.41, 5.74) is 0. The SMILES string of the molecule is CC[C@H](CO)NS(=O)(=O)c1ccc(OC(F)F)c(Cl)c1. The summed E-state index contributed by atoms with van der Waals surface area (Å²) in [4.78, 5) is -0.198. The van der Waals surface area contributed by atoms with E-state index in [4.69, 9.17) is 16.7 Å². The Kier molecular flexibility index (Phi) is 6.12. The van der Waals surface area contributed by atoms with Crippen LogP contribution in [0.4, 0.5) is 8.78 Å². The first-order valence-electron chi connectivity index (χ1n) is 5.67. The zero-order valence-corrected chi connectivity index (χ0v) is 12.1. The number of aliphatic hydroxyl groups excluding tert-OH is 1. The summed E-state index contributed by atoms with van der Waals surface area (Å²) in [5.74, 6) is -0.310. The lowest BCUT2D eigenvalue weighted by molar-refractivity contribution is -0.0498. The standard InChI is InChI=1S/C11H14ClF2NO4S/c1-2-7(6-16)15-20(17,18)8-3-4-10(9(12)5-8)19-11(13)14/h3-5,7,11,15-16H,2,6H2,1H3/t7-/m1/s1. The molecule has 0 aliphatic carbocycles. The number of sulfonamides is 1. The highest BCUT2D eigenvalue weighted by atomic mass is 35.5. The van der Waals surface area contributed by atoms with Crippen LogP contribution in [0.2, 0.25) is 5.02 Å². The van der Waals surface area contributed by atoms with Crippen molar-refractivity contribution in [1.29, 1.82) is 0 Å². The van der Waals surface area contributed by atoms with Crippen molar-refractivity contribution >= 4 is 21.6 Å². The van der Waals surface area contributed by atoms with Crippen LogP contribution in [-0.4, -0.2) is 32.8 Å². The maximum atomic E-state index is 12.1. The fraction of sp³-hybridized carbons (Fsp3) is 0.455. The highest BCUT2D eigenvalue weighted by molar-refractivity contribution is 7.89. The van der Waals surface area contributed by atoms with Crippen LogP contribution < -0.4 is 9.46 Å². The largest absolute Gasteiger partial charge is 0.433 e. The Hall–Kier alpha value is -0.960. The van der Waals surface area contributed by atoms with Gasteiger partial charge in [0.05, 0.1) is 16.5 Å². The minimum absolute atomic E-state index is 0.198. The minimum atomic E-state index is -3.89. The van der Waals surface area contributed by atoms with Gasteiger partial charge >= 0.3 is 6.61 Å². The number of hydrogen-bond donors (Lipinski definition) is 2. The van der Waals surface area contributed by atoms with Gasteiger partial charge in [-0.1, -0.05) is 18.5 Å². The Morgan fingerprint density at radius 1 is 1.45 bits per heavy atom. The van der Waals surface area contributed by atoms with Gasteiger partial charge in [-0.15, -0.1) is 0 Å². The molecule has 1 rings (SSSR count). The molecule has 9 heteroatoms. The number of aliphatic hydroxyl groups is 1. The maximum absolute atomic E-state index is 12.1. The average Bonchev–Trinajstić information content (AvgIpc) is 2.37. The Balaban J connectivity index is 2.99. The Morgan fingerprint density at radius 2 is 2.10 bits per heavy atom. The molecule has 0 aromatic heterocycles. The summed E-state index contributed by atoms with van der Waals surface area (Å²) in [6.45, 7) is -1.70. The molecule has 1 atom stereocenters. The van der Waals surface area contributed by atoms with Crippen molar-refractivity contribution < 1.29 is 27.0 Å². The van der Waals surface area contributed by atoms with Gasteiger partial charge in [0, 0.05) is 6.04 Å². The number of nitrogens with one attached hydrogen (secondary N) is 1. The molecule has 0 unspecified atom stereocenters. The Labute approximate surface area is 120 Å². The van der Waals surface area contributed by atoms with Crippen LogP contribution in [0.15, 0.2) is 23.1 Å². The third-order valence-corrected chi connectivity index (χ3v) is 4.28. The van der Waals surface area contributed by atoms with E-state index in [1.54, 1.807) is 6.92 Å². The van der Waals surface area contributed by atoms with Crippen LogP contribution in [-0.2, 0) is 10.0 Å². The number of ether oxygens (including phenoxy) is 1. The molecule has 2 N–H and O–H groups in total. The van der Waals surface area contributed by atoms with Crippen molar-refractivity contribution in [2.45, 2.75) is 30.9 Å². The third-order valence-electron chi connectivity index (χ3n) is 2.46. The Bertz CT molecular complexity index is 549. The van der Waals surface area contributed by atoms with E-state index in [0.29, 0.717) is 6.42 Å². The van der Waals surface area contributed by atoms with E-state index in [2.05, 4.69) is 9.46 Å². The highest BCUT2D eigenvalue weighted by Crippen LogP contribution is 2.28. The second kappa shape index (κ2) is 7.16. The van der Waals surface area contributed by atoms with Gasteiger partial charge in [0.1, 0.15) is 5.75 Å². The third kappa shape index (κ3) is 4.55. The van der Waals surface area contributed by atoms with E-state index in [0.717, 1.165) is 18.2 Å². The van der Waals surface area contributed by atoms with Crippen molar-refractivity contribution in [3.63, 3.8) is 0 Å². The van der Waals surface area contributed by atoms with Crippen molar-refractivity contribution in [3.8, 4) is 5.75 Å². The summed E-state index contributed by atoms with van der Waals surface area (Å²) in [6.07, 6.45) is 0.399. The molecule has 0 fully saturated rings. The molecule has 0 heterocycles. The van der Waals surface area contributed by atoms with E-state index in [1.807, 2.05) is 0 Å². The normalized spacial score (nSPS) is 13.5. The molecule has 0 saturated heterocycles. The molecular formula is C11H14ClF2NO4S. The van der Waals surface area contributed by atoms with Gasteiger partial charge in [-0.3, -0.25) is 0 Å². The lowest BCUT2D eigenvalue weighted by Crippen LogP contribution is -2.36. The van der Waals surface area contributed by atoms with Crippen molar-refractivity contribution in [1.82, 2.24) is 4.72 Å². The maximum Gasteiger partial charge on any atom is 0.387 e. The number of rotatable bonds is 7. The molecule has 5 nitrogen and oxygen atoms in total. The fourth-order valence-corrected chi connectivity index (χ4v) is 3.00. The van der Waals surface area contributed by atoms with Crippen LogP contribution in [0, 0.1) is 0 Å². The lowest BCUT2D eigenvalue weighted by Gasteiger charge is -2.15. The zero-order valence-electron chi connectivity index (χ0n) is 10.5. The molecule has 0 aliphatic heterocycles. The minimum Gasteiger partial charge on any atom is -0.433 e. The van der Waals surface area contributed by atoms with Gasteiger partial charge in [-0.05, 0) is 24.6 Å². The van der Waals surface area contributed by atoms with Gasteiger partial charge in [0.25, 0.3) is 0 Å². The smallest absolute Gasteiger partial charge is 0.387 e. The number of halogens is 3. The quantitative estimate of drug-likeness (QED) is 0.802. The van der Waals surface area contributed by atoms with Crippen molar-refractivity contribution in [3.05, 3.63) is 23.2 Å². The molecule has 114 valence electrons. The monoisotopic (exact) mass is 329 g/mol. The van der Waals surface area contributed by atoms with Crippen LogP contribution in [0.5, 0.6) is 5.75 Å². The lowest BCUT2D eigenvalue weighted by atomic mass is 10.3. The molecule has 20 heavy (non-hydrogen) atoms. The number of benzene rings is 1. The molecule has 0 aliphatic rings. The first-order chi connectivity index (χ1) is 9.30. The van der Waals surface area contributed by atoms with Crippen LogP contribution in [0.25, 0.3) is 0 Å². The molecule has 0 radical (unpaired) electrons. The second-order valence-corrected chi connectivity index (χ2v) is 6.00. The summed E-state index contributed by atoms with van der Waals surface area (Å²) < 4.78 is 54.5. The van der Waals surface area contributed by atoms with Gasteiger partial charge in [-0.25, -0.2) is 13.1 Å². The van der Waals surface area contributed by atoms with E-state index < -0.39 is 22.7 Å². The van der Waals surface area contributed by atoms with Crippen molar-refractivity contribution in [2.75, 3.05) is 6.61 Å². The van der Waals surface area contributed by atoms with E-state index in [1.165, 1.54) is 0 Å². The second-order valence-electron chi connectivity index (χ2n) is 3.88. The highest BCUT2D eigenvalue weighted by Gasteiger charge is 2.20. The average molecular weight is 330 g/mol. The summed E-state index contributed by atoms with van der Waals surface area (Å²) in [6, 6.07) is 2.51. The van der Waals surface area contributed by atoms with Gasteiger partial charge in [0.15, 0.2) is 0 Å². The topological polar surface area (TPSA) is 75.6 Å². The van der Waals surface area contributed by atoms with Crippen LogP contribution in [0.3, 0.4) is 0 Å².